The molecule has 4 rings (SSSR count). The molecule has 1 saturated heterocycles. The highest BCUT2D eigenvalue weighted by molar-refractivity contribution is 6.39. The van der Waals surface area contributed by atoms with E-state index in [1.165, 1.54) is 0 Å². The van der Waals surface area contributed by atoms with Crippen LogP contribution in [0.3, 0.4) is 0 Å². The van der Waals surface area contributed by atoms with Crippen molar-refractivity contribution in [2.24, 2.45) is 0 Å². The first-order chi connectivity index (χ1) is 11.7. The summed E-state index contributed by atoms with van der Waals surface area (Å²) in [6.45, 7) is 3.84. The van der Waals surface area contributed by atoms with Crippen molar-refractivity contribution in [1.29, 1.82) is 0 Å². The summed E-state index contributed by atoms with van der Waals surface area (Å²) in [7, 11) is 0. The molecule has 3 aromatic rings. The van der Waals surface area contributed by atoms with Gasteiger partial charge < -0.3 is 10.2 Å². The van der Waals surface area contributed by atoms with Gasteiger partial charge in [0.2, 0.25) is 0 Å². The highest BCUT2D eigenvalue weighted by Crippen LogP contribution is 2.37. The van der Waals surface area contributed by atoms with Crippen molar-refractivity contribution < 1.29 is 0 Å². The van der Waals surface area contributed by atoms with Crippen molar-refractivity contribution in [3.05, 3.63) is 58.6 Å². The number of hydrogen-bond acceptors (Lipinski definition) is 3. The van der Waals surface area contributed by atoms with Gasteiger partial charge in [0.15, 0.2) is 0 Å². The third kappa shape index (κ3) is 2.95. The lowest BCUT2D eigenvalue weighted by molar-refractivity contribution is 0.590. The van der Waals surface area contributed by atoms with Crippen LogP contribution in [0.1, 0.15) is 0 Å². The van der Waals surface area contributed by atoms with E-state index in [2.05, 4.69) is 28.4 Å². The number of piperazine rings is 1. The molecule has 1 fully saturated rings. The van der Waals surface area contributed by atoms with Crippen LogP contribution < -0.4 is 10.2 Å². The first-order valence-electron chi connectivity index (χ1n) is 8.03. The number of fused-ring (bicyclic) bond motifs is 1. The van der Waals surface area contributed by atoms with Gasteiger partial charge in [0.25, 0.3) is 0 Å². The number of nitrogens with zero attached hydrogens (tertiary/aromatic N) is 2. The van der Waals surface area contributed by atoms with E-state index in [0.717, 1.165) is 54.0 Å². The van der Waals surface area contributed by atoms with E-state index in [9.17, 15) is 0 Å². The lowest BCUT2D eigenvalue weighted by atomic mass is 10.1. The lowest BCUT2D eigenvalue weighted by Crippen LogP contribution is -2.43. The van der Waals surface area contributed by atoms with E-state index in [1.54, 1.807) is 6.07 Å². The van der Waals surface area contributed by atoms with Crippen LogP contribution in [0.5, 0.6) is 0 Å². The summed E-state index contributed by atoms with van der Waals surface area (Å²) in [4.78, 5) is 7.18. The summed E-state index contributed by atoms with van der Waals surface area (Å²) >= 11 is 12.7. The molecule has 1 N–H and O–H groups in total. The van der Waals surface area contributed by atoms with Crippen LogP contribution in [-0.4, -0.2) is 31.2 Å². The van der Waals surface area contributed by atoms with Gasteiger partial charge in [0, 0.05) is 47.8 Å². The van der Waals surface area contributed by atoms with Gasteiger partial charge >= 0.3 is 0 Å². The van der Waals surface area contributed by atoms with E-state index < -0.39 is 0 Å². The predicted molar refractivity (Wildman–Crippen MR) is 102 cm³/mol. The second-order valence-corrected chi connectivity index (χ2v) is 6.76. The molecule has 0 unspecified atom stereocenters. The molecule has 122 valence electrons. The smallest absolute Gasteiger partial charge is 0.0760 e. The quantitative estimate of drug-likeness (QED) is 0.725. The normalized spacial score (nSPS) is 15.0. The Morgan fingerprint density at radius 3 is 2.46 bits per heavy atom. The van der Waals surface area contributed by atoms with Crippen LogP contribution in [-0.2, 0) is 0 Å². The highest BCUT2D eigenvalue weighted by atomic mass is 35.5. The number of rotatable bonds is 2. The lowest BCUT2D eigenvalue weighted by Gasteiger charge is -2.31. The molecule has 2 heterocycles. The Balaban J connectivity index is 1.96. The molecule has 0 bridgehead atoms. The molecule has 3 nitrogen and oxygen atoms in total. The summed E-state index contributed by atoms with van der Waals surface area (Å²) in [6.07, 6.45) is 0. The molecular formula is C19H17Cl2N3. The van der Waals surface area contributed by atoms with Crippen LogP contribution in [0.15, 0.2) is 48.5 Å². The fourth-order valence-electron chi connectivity index (χ4n) is 3.18. The van der Waals surface area contributed by atoms with Crippen molar-refractivity contribution >= 4 is 39.8 Å². The number of halogens is 2. The van der Waals surface area contributed by atoms with Gasteiger partial charge in [-0.1, -0.05) is 53.5 Å². The van der Waals surface area contributed by atoms with E-state index in [-0.39, 0.29) is 0 Å². The molecule has 1 aromatic heterocycles. The molecule has 0 aliphatic carbocycles. The Morgan fingerprint density at radius 1 is 0.958 bits per heavy atom. The number of pyridine rings is 1. The molecule has 0 saturated carbocycles. The fourth-order valence-corrected chi connectivity index (χ4v) is 3.76. The maximum absolute atomic E-state index is 6.52. The zero-order chi connectivity index (χ0) is 16.5. The minimum Gasteiger partial charge on any atom is -0.368 e. The Hall–Kier alpha value is -1.81. The molecule has 1 aliphatic rings. The largest absolute Gasteiger partial charge is 0.368 e. The summed E-state index contributed by atoms with van der Waals surface area (Å²) in [5.74, 6) is 0. The minimum absolute atomic E-state index is 0.608. The van der Waals surface area contributed by atoms with Crippen molar-refractivity contribution in [3.63, 3.8) is 0 Å². The van der Waals surface area contributed by atoms with Crippen molar-refractivity contribution in [2.45, 2.75) is 0 Å². The van der Waals surface area contributed by atoms with E-state index in [1.807, 2.05) is 24.3 Å². The second kappa shape index (κ2) is 6.60. The van der Waals surface area contributed by atoms with Gasteiger partial charge in [-0.3, -0.25) is 0 Å². The molecule has 0 atom stereocenters. The molecule has 0 amide bonds. The van der Waals surface area contributed by atoms with Gasteiger partial charge in [-0.15, -0.1) is 0 Å². The third-order valence-electron chi connectivity index (χ3n) is 4.33. The molecule has 5 heteroatoms. The number of benzene rings is 2. The zero-order valence-corrected chi connectivity index (χ0v) is 14.6. The topological polar surface area (TPSA) is 28.2 Å². The number of aromatic nitrogens is 1. The minimum atomic E-state index is 0.608. The van der Waals surface area contributed by atoms with Crippen LogP contribution in [0.2, 0.25) is 10.0 Å². The standard InChI is InChI=1S/C19H17Cl2N3/c20-14-10-15(21)19-17(11-14)23-16(13-4-2-1-3-5-13)12-18(19)24-8-6-22-7-9-24/h1-5,10-12,22H,6-9H2. The van der Waals surface area contributed by atoms with Gasteiger partial charge in [-0.25, -0.2) is 4.98 Å². The molecule has 24 heavy (non-hydrogen) atoms. The third-order valence-corrected chi connectivity index (χ3v) is 4.85. The first-order valence-corrected chi connectivity index (χ1v) is 8.79. The highest BCUT2D eigenvalue weighted by Gasteiger charge is 2.18. The summed E-state index contributed by atoms with van der Waals surface area (Å²) in [6, 6.07) is 16.0. The first kappa shape index (κ1) is 15.7. The number of hydrogen-bond donors (Lipinski definition) is 1. The van der Waals surface area contributed by atoms with Gasteiger partial charge in [-0.05, 0) is 18.2 Å². The van der Waals surface area contributed by atoms with E-state index >= 15 is 0 Å². The molecular weight excluding hydrogens is 341 g/mol. The Labute approximate surface area is 151 Å². The predicted octanol–water partition coefficient (Wildman–Crippen LogP) is 4.62. The van der Waals surface area contributed by atoms with Crippen molar-refractivity contribution in [3.8, 4) is 11.3 Å². The number of anilines is 1. The second-order valence-electron chi connectivity index (χ2n) is 5.91. The van der Waals surface area contributed by atoms with Gasteiger partial charge in [-0.2, -0.15) is 0 Å². The maximum Gasteiger partial charge on any atom is 0.0760 e. The monoisotopic (exact) mass is 357 g/mol. The molecule has 0 radical (unpaired) electrons. The van der Waals surface area contributed by atoms with Crippen LogP contribution in [0.25, 0.3) is 22.2 Å². The molecule has 2 aromatic carbocycles. The van der Waals surface area contributed by atoms with Gasteiger partial charge in [0.1, 0.15) is 0 Å². The zero-order valence-electron chi connectivity index (χ0n) is 13.1. The van der Waals surface area contributed by atoms with Gasteiger partial charge in [0.05, 0.1) is 16.2 Å². The summed E-state index contributed by atoms with van der Waals surface area (Å²) < 4.78 is 0. The Kier molecular flexibility index (Phi) is 4.31. The Morgan fingerprint density at radius 2 is 1.71 bits per heavy atom. The van der Waals surface area contributed by atoms with Crippen molar-refractivity contribution in [1.82, 2.24) is 10.3 Å². The summed E-state index contributed by atoms with van der Waals surface area (Å²) in [5.41, 5.74) is 3.99. The van der Waals surface area contributed by atoms with E-state index in [4.69, 9.17) is 28.2 Å². The molecule has 1 aliphatic heterocycles. The van der Waals surface area contributed by atoms with E-state index in [0.29, 0.717) is 10.0 Å². The average Bonchev–Trinajstić information content (AvgIpc) is 2.62. The van der Waals surface area contributed by atoms with Crippen LogP contribution >= 0.6 is 23.2 Å². The van der Waals surface area contributed by atoms with Crippen molar-refractivity contribution in [2.75, 3.05) is 31.1 Å². The van der Waals surface area contributed by atoms with Crippen LogP contribution in [0.4, 0.5) is 5.69 Å². The fraction of sp³-hybridized carbons (Fsp3) is 0.211. The molecule has 0 spiro atoms. The van der Waals surface area contributed by atoms with Crippen LogP contribution in [0, 0.1) is 0 Å². The summed E-state index contributed by atoms with van der Waals surface area (Å²) in [5, 5.41) is 5.62. The average molecular weight is 358 g/mol. The number of nitrogens with one attached hydrogen (secondary N) is 1. The SMILES string of the molecule is Clc1cc(Cl)c2c(N3CCNCC3)cc(-c3ccccc3)nc2c1. The maximum atomic E-state index is 6.52. The Bertz CT molecular complexity index is 875.